The lowest BCUT2D eigenvalue weighted by Crippen LogP contribution is -2.40. The number of hydrogen-bond donors (Lipinski definition) is 1. The monoisotopic (exact) mass is 470 g/mol. The van der Waals surface area contributed by atoms with Crippen LogP contribution in [0.1, 0.15) is 17.5 Å². The zero-order chi connectivity index (χ0) is 22.1. The van der Waals surface area contributed by atoms with Gasteiger partial charge in [-0.1, -0.05) is 35.9 Å². The molecule has 30 heavy (non-hydrogen) atoms. The van der Waals surface area contributed by atoms with Gasteiger partial charge < -0.3 is 10.1 Å². The van der Waals surface area contributed by atoms with Crippen molar-refractivity contribution in [2.45, 2.75) is 19.1 Å². The van der Waals surface area contributed by atoms with Gasteiger partial charge in [0.25, 0.3) is 0 Å². The molecule has 6 nitrogen and oxygen atoms in total. The first kappa shape index (κ1) is 24.4. The van der Waals surface area contributed by atoms with Crippen molar-refractivity contribution in [1.82, 2.24) is 5.32 Å². The number of amides is 1. The van der Waals surface area contributed by atoms with E-state index in [1.807, 2.05) is 37.3 Å². The second-order valence-electron chi connectivity index (χ2n) is 6.79. The maximum Gasteiger partial charge on any atom is 0.240 e. The van der Waals surface area contributed by atoms with E-state index in [0.717, 1.165) is 44.6 Å². The van der Waals surface area contributed by atoms with Crippen molar-refractivity contribution in [3.05, 3.63) is 58.6 Å². The maximum absolute atomic E-state index is 12.4. The number of nitrogens with zero attached hydrogens (tertiary/aromatic N) is 1. The van der Waals surface area contributed by atoms with E-state index in [1.54, 1.807) is 23.9 Å². The molecule has 0 bridgehead atoms. The van der Waals surface area contributed by atoms with Gasteiger partial charge in [0, 0.05) is 17.3 Å². The largest absolute Gasteiger partial charge is 0.495 e. The Morgan fingerprint density at radius 1 is 1.23 bits per heavy atom. The van der Waals surface area contributed by atoms with Gasteiger partial charge in [-0.3, -0.25) is 9.10 Å². The number of aryl methyl sites for hydroxylation is 1. The van der Waals surface area contributed by atoms with Crippen LogP contribution in [-0.4, -0.2) is 46.5 Å². The van der Waals surface area contributed by atoms with Crippen molar-refractivity contribution in [2.75, 3.05) is 36.5 Å². The van der Waals surface area contributed by atoms with Crippen LogP contribution in [0, 0.1) is 6.92 Å². The number of rotatable bonds is 11. The molecule has 2 rings (SSSR count). The molecule has 0 saturated carbocycles. The average molecular weight is 471 g/mol. The summed E-state index contributed by atoms with van der Waals surface area (Å²) >= 11 is 7.88. The lowest BCUT2D eigenvalue weighted by atomic mass is 10.2. The zero-order valence-corrected chi connectivity index (χ0v) is 19.7. The van der Waals surface area contributed by atoms with E-state index in [-0.39, 0.29) is 12.5 Å². The summed E-state index contributed by atoms with van der Waals surface area (Å²) in [6.45, 7) is 2.02. The van der Waals surface area contributed by atoms with Crippen molar-refractivity contribution in [2.24, 2.45) is 0 Å². The summed E-state index contributed by atoms with van der Waals surface area (Å²) in [5.41, 5.74) is 2.31. The number of methoxy groups -OCH3 is 1. The van der Waals surface area contributed by atoms with Gasteiger partial charge in [0.1, 0.15) is 12.3 Å². The topological polar surface area (TPSA) is 75.7 Å². The fraction of sp³-hybridized carbons (Fsp3) is 0.381. The van der Waals surface area contributed by atoms with Gasteiger partial charge in [-0.25, -0.2) is 8.42 Å². The number of sulfonamides is 1. The van der Waals surface area contributed by atoms with Crippen LogP contribution in [0.25, 0.3) is 0 Å². The molecule has 0 radical (unpaired) electrons. The summed E-state index contributed by atoms with van der Waals surface area (Å²) in [7, 11) is -2.19. The molecule has 0 aliphatic heterocycles. The molecule has 1 N–H and O–H groups in total. The third kappa shape index (κ3) is 7.41. The van der Waals surface area contributed by atoms with E-state index in [4.69, 9.17) is 16.3 Å². The van der Waals surface area contributed by atoms with Gasteiger partial charge >= 0.3 is 0 Å². The average Bonchev–Trinajstić information content (AvgIpc) is 2.69. The highest BCUT2D eigenvalue weighted by Crippen LogP contribution is 2.30. The molecule has 0 atom stereocenters. The third-order valence-electron chi connectivity index (χ3n) is 4.29. The molecular weight excluding hydrogens is 444 g/mol. The maximum atomic E-state index is 12.4. The Bertz CT molecular complexity index is 967. The molecule has 0 spiro atoms. The molecule has 0 aliphatic carbocycles. The summed E-state index contributed by atoms with van der Waals surface area (Å²) in [5.74, 6) is 1.70. The predicted octanol–water partition coefficient (Wildman–Crippen LogP) is 3.86. The summed E-state index contributed by atoms with van der Waals surface area (Å²) in [6, 6.07) is 12.9. The fourth-order valence-corrected chi connectivity index (χ4v) is 4.86. The van der Waals surface area contributed by atoms with E-state index in [1.165, 1.54) is 7.11 Å². The summed E-state index contributed by atoms with van der Waals surface area (Å²) in [4.78, 5) is 12.4. The SMILES string of the molecule is COc1ccc(C)cc1N(CC(=O)NCCCSCc1ccccc1Cl)S(C)(=O)=O. The van der Waals surface area contributed by atoms with Gasteiger partial charge in [-0.05, 0) is 48.4 Å². The van der Waals surface area contributed by atoms with Gasteiger partial charge in [0.15, 0.2) is 0 Å². The second-order valence-corrected chi connectivity index (χ2v) is 10.2. The number of nitrogens with one attached hydrogen (secondary N) is 1. The Morgan fingerprint density at radius 2 is 1.97 bits per heavy atom. The van der Waals surface area contributed by atoms with Crippen molar-refractivity contribution in [3.63, 3.8) is 0 Å². The van der Waals surface area contributed by atoms with Gasteiger partial charge in [0.2, 0.25) is 15.9 Å². The van der Waals surface area contributed by atoms with Crippen LogP contribution in [-0.2, 0) is 20.6 Å². The number of ether oxygens (including phenoxy) is 1. The van der Waals surface area contributed by atoms with E-state index in [2.05, 4.69) is 5.32 Å². The first-order valence-electron chi connectivity index (χ1n) is 9.42. The van der Waals surface area contributed by atoms with Gasteiger partial charge in [-0.2, -0.15) is 11.8 Å². The minimum atomic E-state index is -3.66. The molecule has 2 aromatic rings. The Labute approximate surface area is 188 Å². The van der Waals surface area contributed by atoms with Crippen molar-refractivity contribution >= 4 is 45.0 Å². The van der Waals surface area contributed by atoms with E-state index >= 15 is 0 Å². The number of carbonyl (C=O) groups excluding carboxylic acids is 1. The lowest BCUT2D eigenvalue weighted by Gasteiger charge is -2.24. The normalized spacial score (nSPS) is 11.2. The molecule has 0 heterocycles. The Balaban J connectivity index is 1.85. The first-order valence-corrected chi connectivity index (χ1v) is 12.8. The number of halogens is 1. The first-order chi connectivity index (χ1) is 14.2. The molecule has 0 saturated heterocycles. The number of anilines is 1. The van der Waals surface area contributed by atoms with Gasteiger partial charge in [-0.15, -0.1) is 0 Å². The van der Waals surface area contributed by atoms with Crippen LogP contribution in [0.5, 0.6) is 5.75 Å². The Kier molecular flexibility index (Phi) is 9.33. The smallest absolute Gasteiger partial charge is 0.240 e. The minimum absolute atomic E-state index is 0.300. The van der Waals surface area contributed by atoms with E-state index in [9.17, 15) is 13.2 Å². The summed E-state index contributed by atoms with van der Waals surface area (Å²) in [6.07, 6.45) is 1.85. The number of hydrogen-bond acceptors (Lipinski definition) is 5. The molecule has 0 unspecified atom stereocenters. The van der Waals surface area contributed by atoms with E-state index in [0.29, 0.717) is 18.0 Å². The highest BCUT2D eigenvalue weighted by atomic mass is 35.5. The molecule has 164 valence electrons. The molecule has 1 amide bonds. The van der Waals surface area contributed by atoms with Crippen LogP contribution < -0.4 is 14.4 Å². The molecular formula is C21H27ClN2O4S2. The Morgan fingerprint density at radius 3 is 2.63 bits per heavy atom. The number of thioether (sulfide) groups is 1. The van der Waals surface area contributed by atoms with Gasteiger partial charge in [0.05, 0.1) is 19.1 Å². The third-order valence-corrected chi connectivity index (χ3v) is 6.88. The molecule has 0 fully saturated rings. The zero-order valence-electron chi connectivity index (χ0n) is 17.4. The standard InChI is InChI=1S/C21H27ClN2O4S2/c1-16-9-10-20(28-2)19(13-16)24(30(3,26)27)14-21(25)23-11-6-12-29-15-17-7-4-5-8-18(17)22/h4-5,7-10,13H,6,11-12,14-15H2,1-3H3,(H,23,25). The molecule has 2 aromatic carbocycles. The van der Waals surface area contributed by atoms with E-state index < -0.39 is 10.0 Å². The van der Waals surface area contributed by atoms with Crippen molar-refractivity contribution < 1.29 is 17.9 Å². The highest BCUT2D eigenvalue weighted by Gasteiger charge is 2.24. The van der Waals surface area contributed by atoms with Crippen LogP contribution in [0.2, 0.25) is 5.02 Å². The molecule has 9 heteroatoms. The quantitative estimate of drug-likeness (QED) is 0.504. The van der Waals surface area contributed by atoms with Crippen LogP contribution in [0.15, 0.2) is 42.5 Å². The van der Waals surface area contributed by atoms with Crippen molar-refractivity contribution in [3.8, 4) is 5.75 Å². The van der Waals surface area contributed by atoms with Crippen LogP contribution in [0.3, 0.4) is 0 Å². The van der Waals surface area contributed by atoms with Crippen LogP contribution in [0.4, 0.5) is 5.69 Å². The molecule has 0 aromatic heterocycles. The lowest BCUT2D eigenvalue weighted by molar-refractivity contribution is -0.119. The van der Waals surface area contributed by atoms with Crippen molar-refractivity contribution in [1.29, 1.82) is 0 Å². The summed E-state index contributed by atoms with van der Waals surface area (Å²) in [5, 5.41) is 3.55. The van der Waals surface area contributed by atoms with Crippen LogP contribution >= 0.6 is 23.4 Å². The summed E-state index contributed by atoms with van der Waals surface area (Å²) < 4.78 is 30.9. The predicted molar refractivity (Wildman–Crippen MR) is 125 cm³/mol. The highest BCUT2D eigenvalue weighted by molar-refractivity contribution is 7.98. The fourth-order valence-electron chi connectivity index (χ4n) is 2.76. The second kappa shape index (κ2) is 11.5. The minimum Gasteiger partial charge on any atom is -0.495 e. The number of carbonyl (C=O) groups is 1. The Hall–Kier alpha value is -1.90. The number of benzene rings is 2. The molecule has 0 aliphatic rings.